The van der Waals surface area contributed by atoms with Gasteiger partial charge in [-0.25, -0.2) is 0 Å². The molecule has 112 valence electrons. The summed E-state index contributed by atoms with van der Waals surface area (Å²) in [5.74, 6) is 0.714. The van der Waals surface area contributed by atoms with Crippen molar-refractivity contribution in [3.8, 4) is 0 Å². The molecule has 0 aliphatic heterocycles. The number of nitrogens with one attached hydrogen (secondary N) is 1. The van der Waals surface area contributed by atoms with Crippen LogP contribution in [0.4, 0.5) is 0 Å². The Morgan fingerprint density at radius 2 is 1.90 bits per heavy atom. The van der Waals surface area contributed by atoms with Gasteiger partial charge in [-0.05, 0) is 25.6 Å². The Morgan fingerprint density at radius 1 is 1.30 bits per heavy atom. The molecule has 0 amide bonds. The molecule has 0 heterocycles. The zero-order valence-electron chi connectivity index (χ0n) is 12.8. The molecule has 5 nitrogen and oxygen atoms in total. The monoisotopic (exact) mass is 278 g/mol. The van der Waals surface area contributed by atoms with Crippen LogP contribution in [-0.4, -0.2) is 42.6 Å². The van der Waals surface area contributed by atoms with Crippen molar-refractivity contribution in [3.63, 3.8) is 0 Å². The van der Waals surface area contributed by atoms with Crippen LogP contribution in [0.5, 0.6) is 0 Å². The SMILES string of the molecule is CC(C)C(CN(C)C)NCc1ccc(C(N)=NO)cc1. The number of oxime groups is 1. The molecule has 0 radical (unpaired) electrons. The lowest BCUT2D eigenvalue weighted by Crippen LogP contribution is -2.41. The Morgan fingerprint density at radius 3 is 2.35 bits per heavy atom. The second kappa shape index (κ2) is 7.87. The summed E-state index contributed by atoms with van der Waals surface area (Å²) in [7, 11) is 4.17. The molecule has 1 atom stereocenters. The van der Waals surface area contributed by atoms with E-state index in [0.29, 0.717) is 12.0 Å². The van der Waals surface area contributed by atoms with E-state index in [2.05, 4.69) is 43.3 Å². The molecule has 1 rings (SSSR count). The number of rotatable bonds is 7. The Hall–Kier alpha value is -1.59. The van der Waals surface area contributed by atoms with Crippen molar-refractivity contribution < 1.29 is 5.21 Å². The lowest BCUT2D eigenvalue weighted by Gasteiger charge is -2.25. The second-order valence-corrected chi connectivity index (χ2v) is 5.68. The molecule has 1 aromatic carbocycles. The van der Waals surface area contributed by atoms with Crippen LogP contribution in [0.25, 0.3) is 0 Å². The van der Waals surface area contributed by atoms with Crippen LogP contribution in [0.3, 0.4) is 0 Å². The van der Waals surface area contributed by atoms with Gasteiger partial charge in [-0.15, -0.1) is 0 Å². The van der Waals surface area contributed by atoms with Crippen molar-refractivity contribution in [1.29, 1.82) is 0 Å². The van der Waals surface area contributed by atoms with Gasteiger partial charge in [-0.2, -0.15) is 0 Å². The number of likely N-dealkylation sites (N-methyl/N-ethyl adjacent to an activating group) is 1. The highest BCUT2D eigenvalue weighted by Gasteiger charge is 2.13. The average Bonchev–Trinajstić information content (AvgIpc) is 2.42. The number of nitrogens with two attached hydrogens (primary N) is 1. The third kappa shape index (κ3) is 5.19. The zero-order chi connectivity index (χ0) is 15.1. The van der Waals surface area contributed by atoms with Gasteiger partial charge in [0, 0.05) is 24.7 Å². The highest BCUT2D eigenvalue weighted by atomic mass is 16.4. The summed E-state index contributed by atoms with van der Waals surface area (Å²) in [5.41, 5.74) is 7.45. The standard InChI is InChI=1S/C15H26N4O/c1-11(2)14(10-19(3)4)17-9-12-5-7-13(8-6-12)15(16)18-20/h5-8,11,14,17,20H,9-10H2,1-4H3,(H2,16,18). The van der Waals surface area contributed by atoms with Crippen molar-refractivity contribution >= 4 is 5.84 Å². The van der Waals surface area contributed by atoms with Gasteiger partial charge in [-0.1, -0.05) is 43.3 Å². The molecule has 0 fully saturated rings. The molecule has 20 heavy (non-hydrogen) atoms. The van der Waals surface area contributed by atoms with Gasteiger partial charge in [0.1, 0.15) is 0 Å². The van der Waals surface area contributed by atoms with E-state index in [9.17, 15) is 0 Å². The first-order valence-corrected chi connectivity index (χ1v) is 6.89. The fraction of sp³-hybridized carbons (Fsp3) is 0.533. The van der Waals surface area contributed by atoms with Crippen LogP contribution in [-0.2, 0) is 6.54 Å². The van der Waals surface area contributed by atoms with Gasteiger partial charge >= 0.3 is 0 Å². The van der Waals surface area contributed by atoms with Gasteiger partial charge in [-0.3, -0.25) is 0 Å². The van der Waals surface area contributed by atoms with E-state index in [1.165, 1.54) is 5.56 Å². The Labute approximate surface area is 121 Å². The maximum atomic E-state index is 8.62. The molecule has 1 unspecified atom stereocenters. The highest BCUT2D eigenvalue weighted by Crippen LogP contribution is 2.07. The first-order valence-electron chi connectivity index (χ1n) is 6.89. The number of benzene rings is 1. The van der Waals surface area contributed by atoms with Crippen LogP contribution >= 0.6 is 0 Å². The second-order valence-electron chi connectivity index (χ2n) is 5.68. The zero-order valence-corrected chi connectivity index (χ0v) is 12.8. The summed E-state index contributed by atoms with van der Waals surface area (Å²) < 4.78 is 0. The lowest BCUT2D eigenvalue weighted by molar-refractivity contribution is 0.288. The largest absolute Gasteiger partial charge is 0.409 e. The Bertz CT molecular complexity index is 426. The van der Waals surface area contributed by atoms with E-state index < -0.39 is 0 Å². The predicted molar refractivity (Wildman–Crippen MR) is 83.0 cm³/mol. The average molecular weight is 278 g/mol. The number of amidine groups is 1. The minimum absolute atomic E-state index is 0.136. The maximum absolute atomic E-state index is 8.62. The minimum Gasteiger partial charge on any atom is -0.409 e. The van der Waals surface area contributed by atoms with Gasteiger partial charge < -0.3 is 21.2 Å². The topological polar surface area (TPSA) is 73.9 Å². The molecule has 0 spiro atoms. The van der Waals surface area contributed by atoms with E-state index in [1.54, 1.807) is 0 Å². The molecular formula is C15H26N4O. The molecule has 0 aliphatic rings. The summed E-state index contributed by atoms with van der Waals surface area (Å²) in [6.45, 7) is 6.28. The molecule has 0 aliphatic carbocycles. The van der Waals surface area contributed by atoms with Crippen molar-refractivity contribution in [2.24, 2.45) is 16.8 Å². The molecule has 4 N–H and O–H groups in total. The first-order chi connectivity index (χ1) is 9.43. The minimum atomic E-state index is 0.136. The van der Waals surface area contributed by atoms with E-state index in [4.69, 9.17) is 10.9 Å². The summed E-state index contributed by atoms with van der Waals surface area (Å²) in [6, 6.07) is 8.17. The Kier molecular flexibility index (Phi) is 6.48. The quantitative estimate of drug-likeness (QED) is 0.305. The normalized spacial score (nSPS) is 14.0. The molecule has 0 saturated heterocycles. The van der Waals surface area contributed by atoms with Crippen LogP contribution in [0.1, 0.15) is 25.0 Å². The molecule has 1 aromatic rings. The Balaban J connectivity index is 2.60. The number of nitrogens with zero attached hydrogens (tertiary/aromatic N) is 2. The van der Waals surface area contributed by atoms with Crippen LogP contribution in [0.2, 0.25) is 0 Å². The molecular weight excluding hydrogens is 252 g/mol. The molecule has 5 heteroatoms. The van der Waals surface area contributed by atoms with E-state index in [1.807, 2.05) is 24.3 Å². The van der Waals surface area contributed by atoms with Gasteiger partial charge in [0.05, 0.1) is 0 Å². The third-order valence-electron chi connectivity index (χ3n) is 3.29. The number of hydrogen-bond acceptors (Lipinski definition) is 4. The van der Waals surface area contributed by atoms with Crippen LogP contribution in [0.15, 0.2) is 29.4 Å². The van der Waals surface area contributed by atoms with Crippen molar-refractivity contribution in [2.45, 2.75) is 26.4 Å². The maximum Gasteiger partial charge on any atom is 0.170 e. The fourth-order valence-corrected chi connectivity index (χ4v) is 2.00. The van der Waals surface area contributed by atoms with Gasteiger partial charge in [0.2, 0.25) is 0 Å². The molecule has 0 saturated carbocycles. The van der Waals surface area contributed by atoms with Gasteiger partial charge in [0.15, 0.2) is 5.84 Å². The summed E-state index contributed by atoms with van der Waals surface area (Å²) in [5, 5.41) is 15.2. The third-order valence-corrected chi connectivity index (χ3v) is 3.29. The molecule has 0 aromatic heterocycles. The predicted octanol–water partition coefficient (Wildman–Crippen LogP) is 1.46. The van der Waals surface area contributed by atoms with E-state index in [-0.39, 0.29) is 5.84 Å². The number of hydrogen-bond donors (Lipinski definition) is 3. The van der Waals surface area contributed by atoms with Crippen molar-refractivity contribution in [3.05, 3.63) is 35.4 Å². The van der Waals surface area contributed by atoms with Crippen LogP contribution in [0, 0.1) is 5.92 Å². The smallest absolute Gasteiger partial charge is 0.170 e. The first kappa shape index (κ1) is 16.5. The highest BCUT2D eigenvalue weighted by molar-refractivity contribution is 5.96. The van der Waals surface area contributed by atoms with Gasteiger partial charge in [0.25, 0.3) is 0 Å². The summed E-state index contributed by atoms with van der Waals surface area (Å²) >= 11 is 0. The van der Waals surface area contributed by atoms with Crippen molar-refractivity contribution in [2.75, 3.05) is 20.6 Å². The van der Waals surface area contributed by atoms with Crippen molar-refractivity contribution in [1.82, 2.24) is 10.2 Å². The summed E-state index contributed by atoms with van der Waals surface area (Å²) in [6.07, 6.45) is 0. The van der Waals surface area contributed by atoms with Crippen LogP contribution < -0.4 is 11.1 Å². The summed E-state index contributed by atoms with van der Waals surface area (Å²) in [4.78, 5) is 2.19. The molecule has 0 bridgehead atoms. The fourth-order valence-electron chi connectivity index (χ4n) is 2.00. The lowest BCUT2D eigenvalue weighted by atomic mass is 10.0. The van der Waals surface area contributed by atoms with E-state index >= 15 is 0 Å². The van der Waals surface area contributed by atoms with E-state index in [0.717, 1.165) is 18.7 Å².